The van der Waals surface area contributed by atoms with Crippen molar-refractivity contribution < 1.29 is 0 Å². The third-order valence-electron chi connectivity index (χ3n) is 2.90. The Balaban J connectivity index is 1.87. The summed E-state index contributed by atoms with van der Waals surface area (Å²) in [4.78, 5) is 2.44. The van der Waals surface area contributed by atoms with Gasteiger partial charge < -0.3 is 10.2 Å². The van der Waals surface area contributed by atoms with Crippen LogP contribution >= 0.6 is 11.3 Å². The Hall–Kier alpha value is -1.48. The van der Waals surface area contributed by atoms with E-state index in [9.17, 15) is 0 Å². The zero-order chi connectivity index (χ0) is 10.8. The summed E-state index contributed by atoms with van der Waals surface area (Å²) in [7, 11) is 0. The van der Waals surface area contributed by atoms with Crippen LogP contribution in [-0.2, 0) is 6.54 Å². The quantitative estimate of drug-likeness (QED) is 0.852. The van der Waals surface area contributed by atoms with Crippen molar-refractivity contribution in [2.45, 2.75) is 6.54 Å². The lowest BCUT2D eigenvalue weighted by molar-refractivity contribution is 0.789. The maximum absolute atomic E-state index is 3.43. The standard InChI is InChI=1S/C13H14N2S/c1-2-4-13-12(3-1)14-6-7-15(13)9-11-5-8-16-10-11/h1-5,8,10,14H,6-7,9H2. The van der Waals surface area contributed by atoms with Gasteiger partial charge in [0, 0.05) is 19.6 Å². The van der Waals surface area contributed by atoms with Crippen molar-refractivity contribution in [3.63, 3.8) is 0 Å². The summed E-state index contributed by atoms with van der Waals surface area (Å²) < 4.78 is 0. The van der Waals surface area contributed by atoms with Gasteiger partial charge in [0.1, 0.15) is 0 Å². The normalized spacial score (nSPS) is 14.4. The Bertz CT molecular complexity index is 465. The second-order valence-electron chi connectivity index (χ2n) is 4.00. The Morgan fingerprint density at radius 1 is 1.25 bits per heavy atom. The lowest BCUT2D eigenvalue weighted by Crippen LogP contribution is -2.33. The molecule has 1 aliphatic rings. The number of fused-ring (bicyclic) bond motifs is 1. The third-order valence-corrected chi connectivity index (χ3v) is 3.63. The van der Waals surface area contributed by atoms with Gasteiger partial charge in [-0.25, -0.2) is 0 Å². The van der Waals surface area contributed by atoms with E-state index in [2.05, 4.69) is 51.3 Å². The van der Waals surface area contributed by atoms with E-state index in [0.29, 0.717) is 0 Å². The predicted molar refractivity (Wildman–Crippen MR) is 70.3 cm³/mol. The van der Waals surface area contributed by atoms with Gasteiger partial charge in [-0.15, -0.1) is 0 Å². The predicted octanol–water partition coefficient (Wildman–Crippen LogP) is 3.18. The maximum atomic E-state index is 3.43. The summed E-state index contributed by atoms with van der Waals surface area (Å²) in [6, 6.07) is 10.7. The van der Waals surface area contributed by atoms with Gasteiger partial charge in [0.15, 0.2) is 0 Å². The highest BCUT2D eigenvalue weighted by Gasteiger charge is 2.15. The number of para-hydroxylation sites is 2. The Morgan fingerprint density at radius 3 is 3.06 bits per heavy atom. The van der Waals surface area contributed by atoms with Crippen molar-refractivity contribution in [2.24, 2.45) is 0 Å². The van der Waals surface area contributed by atoms with Crippen molar-refractivity contribution in [2.75, 3.05) is 23.3 Å². The third kappa shape index (κ3) is 1.78. The molecule has 1 N–H and O–H groups in total. The summed E-state index contributed by atoms with van der Waals surface area (Å²) in [6.07, 6.45) is 0. The monoisotopic (exact) mass is 230 g/mol. The molecular formula is C13H14N2S. The number of hydrogen-bond donors (Lipinski definition) is 1. The van der Waals surface area contributed by atoms with Crippen molar-refractivity contribution in [1.82, 2.24) is 0 Å². The Kier molecular flexibility index (Phi) is 2.54. The van der Waals surface area contributed by atoms with Crippen molar-refractivity contribution in [1.29, 1.82) is 0 Å². The summed E-state index contributed by atoms with van der Waals surface area (Å²) >= 11 is 1.77. The molecule has 0 aliphatic carbocycles. The first-order valence-corrected chi connectivity index (χ1v) is 6.47. The van der Waals surface area contributed by atoms with Crippen LogP contribution in [0.2, 0.25) is 0 Å². The average Bonchev–Trinajstić information content (AvgIpc) is 2.82. The number of anilines is 2. The van der Waals surface area contributed by atoms with Crippen molar-refractivity contribution in [3.05, 3.63) is 46.7 Å². The SMILES string of the molecule is c1ccc2c(c1)NCCN2Cc1ccsc1. The van der Waals surface area contributed by atoms with Crippen LogP contribution in [0.15, 0.2) is 41.1 Å². The van der Waals surface area contributed by atoms with Gasteiger partial charge in [0.05, 0.1) is 11.4 Å². The van der Waals surface area contributed by atoms with Crippen molar-refractivity contribution >= 4 is 22.7 Å². The van der Waals surface area contributed by atoms with Crippen LogP contribution < -0.4 is 10.2 Å². The number of nitrogens with one attached hydrogen (secondary N) is 1. The van der Waals surface area contributed by atoms with Gasteiger partial charge in [-0.05, 0) is 34.5 Å². The molecule has 0 saturated carbocycles. The Labute approximate surface area is 99.5 Å². The van der Waals surface area contributed by atoms with Crippen LogP contribution in [0.3, 0.4) is 0 Å². The number of benzene rings is 1. The van der Waals surface area contributed by atoms with E-state index in [1.807, 2.05) is 0 Å². The summed E-state index contributed by atoms with van der Waals surface area (Å²) in [6.45, 7) is 3.12. The zero-order valence-corrected chi connectivity index (χ0v) is 9.83. The van der Waals surface area contributed by atoms with Crippen LogP contribution in [0.1, 0.15) is 5.56 Å². The van der Waals surface area contributed by atoms with Crippen LogP contribution in [0.5, 0.6) is 0 Å². The second kappa shape index (κ2) is 4.18. The second-order valence-corrected chi connectivity index (χ2v) is 4.78. The van der Waals surface area contributed by atoms with E-state index in [1.54, 1.807) is 11.3 Å². The molecule has 1 aliphatic heterocycles. The molecule has 2 aromatic rings. The molecule has 0 unspecified atom stereocenters. The highest BCUT2D eigenvalue weighted by atomic mass is 32.1. The van der Waals surface area contributed by atoms with Crippen molar-refractivity contribution in [3.8, 4) is 0 Å². The molecule has 2 nitrogen and oxygen atoms in total. The van der Waals surface area contributed by atoms with Crippen LogP contribution in [0.4, 0.5) is 11.4 Å². The lowest BCUT2D eigenvalue weighted by atomic mass is 10.2. The van der Waals surface area contributed by atoms with E-state index < -0.39 is 0 Å². The fraction of sp³-hybridized carbons (Fsp3) is 0.231. The Morgan fingerprint density at radius 2 is 2.19 bits per heavy atom. The van der Waals surface area contributed by atoms with E-state index in [-0.39, 0.29) is 0 Å². The van der Waals surface area contributed by atoms with Gasteiger partial charge in [-0.2, -0.15) is 11.3 Å². The van der Waals surface area contributed by atoms with Gasteiger partial charge in [0.2, 0.25) is 0 Å². The molecule has 0 radical (unpaired) electrons. The minimum absolute atomic E-state index is 1.02. The van der Waals surface area contributed by atoms with E-state index in [4.69, 9.17) is 0 Å². The van der Waals surface area contributed by atoms with Gasteiger partial charge in [-0.1, -0.05) is 12.1 Å². The highest BCUT2D eigenvalue weighted by Crippen LogP contribution is 2.29. The van der Waals surface area contributed by atoms with E-state index in [0.717, 1.165) is 19.6 Å². The van der Waals surface area contributed by atoms with E-state index in [1.165, 1.54) is 16.9 Å². The number of hydrogen-bond acceptors (Lipinski definition) is 3. The molecule has 3 rings (SSSR count). The molecule has 0 spiro atoms. The smallest absolute Gasteiger partial charge is 0.0605 e. The minimum atomic E-state index is 1.02. The first-order valence-electron chi connectivity index (χ1n) is 5.52. The fourth-order valence-corrected chi connectivity index (χ4v) is 2.77. The van der Waals surface area contributed by atoms with Crippen LogP contribution in [0, 0.1) is 0 Å². The van der Waals surface area contributed by atoms with Crippen LogP contribution in [-0.4, -0.2) is 13.1 Å². The zero-order valence-electron chi connectivity index (χ0n) is 9.02. The largest absolute Gasteiger partial charge is 0.382 e. The number of thiophene rings is 1. The minimum Gasteiger partial charge on any atom is -0.382 e. The summed E-state index contributed by atoms with van der Waals surface area (Å²) in [5, 5.41) is 7.80. The molecule has 0 atom stereocenters. The van der Waals surface area contributed by atoms with Gasteiger partial charge in [-0.3, -0.25) is 0 Å². The molecular weight excluding hydrogens is 216 g/mol. The number of rotatable bonds is 2. The fourth-order valence-electron chi connectivity index (χ4n) is 2.11. The highest BCUT2D eigenvalue weighted by molar-refractivity contribution is 7.07. The lowest BCUT2D eigenvalue weighted by Gasteiger charge is -2.31. The topological polar surface area (TPSA) is 15.3 Å². The van der Waals surface area contributed by atoms with Gasteiger partial charge in [0.25, 0.3) is 0 Å². The van der Waals surface area contributed by atoms with Gasteiger partial charge >= 0.3 is 0 Å². The molecule has 1 aromatic carbocycles. The molecule has 0 saturated heterocycles. The van der Waals surface area contributed by atoms with E-state index >= 15 is 0 Å². The molecule has 0 fully saturated rings. The molecule has 0 bridgehead atoms. The average molecular weight is 230 g/mol. The first kappa shape index (κ1) is 9.73. The molecule has 1 aromatic heterocycles. The first-order chi connectivity index (χ1) is 7.93. The summed E-state index contributed by atoms with van der Waals surface area (Å²) in [5.74, 6) is 0. The molecule has 16 heavy (non-hydrogen) atoms. The summed E-state index contributed by atoms with van der Waals surface area (Å²) in [5.41, 5.74) is 3.98. The molecule has 82 valence electrons. The molecule has 0 amide bonds. The maximum Gasteiger partial charge on any atom is 0.0605 e. The molecule has 3 heteroatoms. The molecule has 2 heterocycles. The number of nitrogens with zero attached hydrogens (tertiary/aromatic N) is 1. The van der Waals surface area contributed by atoms with Crippen LogP contribution in [0.25, 0.3) is 0 Å².